The van der Waals surface area contributed by atoms with Crippen molar-refractivity contribution in [2.24, 2.45) is 5.92 Å². The van der Waals surface area contributed by atoms with E-state index in [9.17, 15) is 0 Å². The Kier molecular flexibility index (Phi) is 7.87. The van der Waals surface area contributed by atoms with E-state index in [4.69, 9.17) is 0 Å². The average molecular weight is 240 g/mol. The van der Waals surface area contributed by atoms with E-state index in [0.29, 0.717) is 0 Å². The number of rotatable bonds is 8. The van der Waals surface area contributed by atoms with Crippen molar-refractivity contribution in [2.75, 3.05) is 26.2 Å². The van der Waals surface area contributed by atoms with Gasteiger partial charge in [0.15, 0.2) is 0 Å². The molecule has 1 N–H and O–H groups in total. The molecule has 1 atom stereocenters. The summed E-state index contributed by atoms with van der Waals surface area (Å²) >= 11 is 0. The van der Waals surface area contributed by atoms with E-state index in [-0.39, 0.29) is 0 Å². The van der Waals surface area contributed by atoms with E-state index in [1.807, 2.05) is 0 Å². The van der Waals surface area contributed by atoms with Crippen LogP contribution in [-0.2, 0) is 0 Å². The monoisotopic (exact) mass is 240 g/mol. The highest BCUT2D eigenvalue weighted by molar-refractivity contribution is 4.81. The third-order valence-corrected chi connectivity index (χ3v) is 3.97. The Morgan fingerprint density at radius 3 is 2.53 bits per heavy atom. The fraction of sp³-hybridized carbons (Fsp3) is 1.00. The molecule has 1 fully saturated rings. The van der Waals surface area contributed by atoms with Gasteiger partial charge in [-0.2, -0.15) is 0 Å². The Labute approximate surface area is 108 Å². The first kappa shape index (κ1) is 15.0. The third-order valence-electron chi connectivity index (χ3n) is 3.97. The van der Waals surface area contributed by atoms with Gasteiger partial charge in [-0.1, -0.05) is 52.9 Å². The minimum Gasteiger partial charge on any atom is -0.314 e. The second kappa shape index (κ2) is 8.93. The fourth-order valence-corrected chi connectivity index (χ4v) is 2.80. The molecule has 0 radical (unpaired) electrons. The van der Waals surface area contributed by atoms with E-state index in [0.717, 1.165) is 12.0 Å². The van der Waals surface area contributed by atoms with E-state index in [1.54, 1.807) is 0 Å². The van der Waals surface area contributed by atoms with Gasteiger partial charge >= 0.3 is 0 Å². The molecule has 0 spiro atoms. The zero-order valence-electron chi connectivity index (χ0n) is 12.2. The molecular weight excluding hydrogens is 208 g/mol. The third kappa shape index (κ3) is 5.87. The van der Waals surface area contributed by atoms with Gasteiger partial charge in [0.1, 0.15) is 0 Å². The smallest absolute Gasteiger partial charge is 0.0244 e. The molecule has 0 aromatic heterocycles. The van der Waals surface area contributed by atoms with Crippen LogP contribution in [0.25, 0.3) is 0 Å². The van der Waals surface area contributed by atoms with Gasteiger partial charge in [-0.05, 0) is 18.9 Å². The summed E-state index contributed by atoms with van der Waals surface area (Å²) in [4.78, 5) is 2.71. The standard InChI is InChI=1S/C15H32N2/c1-4-5-6-7-8-9-11-17-12-10-16-13-15(17)14(2)3/h14-16H,4-13H2,1-3H3. The lowest BCUT2D eigenvalue weighted by Gasteiger charge is -2.38. The van der Waals surface area contributed by atoms with Crippen LogP contribution < -0.4 is 5.32 Å². The highest BCUT2D eigenvalue weighted by Gasteiger charge is 2.23. The van der Waals surface area contributed by atoms with Crippen molar-refractivity contribution >= 4 is 0 Å². The van der Waals surface area contributed by atoms with Gasteiger partial charge in [0, 0.05) is 25.7 Å². The number of hydrogen-bond donors (Lipinski definition) is 1. The average Bonchev–Trinajstić information content (AvgIpc) is 2.34. The van der Waals surface area contributed by atoms with Gasteiger partial charge < -0.3 is 5.32 Å². The van der Waals surface area contributed by atoms with Gasteiger partial charge in [-0.25, -0.2) is 0 Å². The zero-order chi connectivity index (χ0) is 12.5. The molecule has 102 valence electrons. The van der Waals surface area contributed by atoms with Crippen molar-refractivity contribution in [3.8, 4) is 0 Å². The van der Waals surface area contributed by atoms with Crippen LogP contribution >= 0.6 is 0 Å². The molecule has 0 aliphatic carbocycles. The predicted molar refractivity (Wildman–Crippen MR) is 76.4 cm³/mol. The summed E-state index contributed by atoms with van der Waals surface area (Å²) in [7, 11) is 0. The molecule has 1 unspecified atom stereocenters. The molecule has 2 heteroatoms. The van der Waals surface area contributed by atoms with Crippen molar-refractivity contribution in [1.29, 1.82) is 0 Å². The molecule has 1 heterocycles. The molecule has 0 amide bonds. The number of hydrogen-bond acceptors (Lipinski definition) is 2. The quantitative estimate of drug-likeness (QED) is 0.655. The number of nitrogens with one attached hydrogen (secondary N) is 1. The highest BCUT2D eigenvalue weighted by atomic mass is 15.2. The maximum absolute atomic E-state index is 3.52. The summed E-state index contributed by atoms with van der Waals surface area (Å²) in [5, 5.41) is 3.52. The number of piperazine rings is 1. The minimum atomic E-state index is 0.763. The summed E-state index contributed by atoms with van der Waals surface area (Å²) < 4.78 is 0. The molecular formula is C15H32N2. The lowest BCUT2D eigenvalue weighted by molar-refractivity contribution is 0.122. The van der Waals surface area contributed by atoms with Crippen LogP contribution in [0.1, 0.15) is 59.3 Å². The lowest BCUT2D eigenvalue weighted by Crippen LogP contribution is -2.53. The minimum absolute atomic E-state index is 0.763. The Hall–Kier alpha value is -0.0800. The second-order valence-corrected chi connectivity index (χ2v) is 5.82. The highest BCUT2D eigenvalue weighted by Crippen LogP contribution is 2.14. The Morgan fingerprint density at radius 2 is 1.82 bits per heavy atom. The van der Waals surface area contributed by atoms with Gasteiger partial charge in [-0.3, -0.25) is 4.90 Å². The summed E-state index contributed by atoms with van der Waals surface area (Å²) in [5.41, 5.74) is 0. The molecule has 2 nitrogen and oxygen atoms in total. The van der Waals surface area contributed by atoms with Crippen LogP contribution in [0.2, 0.25) is 0 Å². The summed E-state index contributed by atoms with van der Waals surface area (Å²) in [6, 6.07) is 0.763. The van der Waals surface area contributed by atoms with Gasteiger partial charge in [0.25, 0.3) is 0 Å². The maximum Gasteiger partial charge on any atom is 0.0244 e. The SMILES string of the molecule is CCCCCCCCN1CCNCC1C(C)C. The van der Waals surface area contributed by atoms with Crippen LogP contribution in [0.3, 0.4) is 0 Å². The molecule has 1 aliphatic rings. The van der Waals surface area contributed by atoms with Crippen molar-refractivity contribution in [1.82, 2.24) is 10.2 Å². The second-order valence-electron chi connectivity index (χ2n) is 5.82. The van der Waals surface area contributed by atoms with Gasteiger partial charge in [0.05, 0.1) is 0 Å². The first-order valence-corrected chi connectivity index (χ1v) is 7.70. The van der Waals surface area contributed by atoms with E-state index >= 15 is 0 Å². The molecule has 1 rings (SSSR count). The van der Waals surface area contributed by atoms with E-state index < -0.39 is 0 Å². The van der Waals surface area contributed by atoms with Crippen LogP contribution in [0.4, 0.5) is 0 Å². The Balaban J connectivity index is 2.11. The van der Waals surface area contributed by atoms with Crippen LogP contribution in [0, 0.1) is 5.92 Å². The normalized spacial score (nSPS) is 22.2. The number of unbranched alkanes of at least 4 members (excludes halogenated alkanes) is 5. The summed E-state index contributed by atoms with van der Waals surface area (Å²) in [5.74, 6) is 0.780. The van der Waals surface area contributed by atoms with Gasteiger partial charge in [-0.15, -0.1) is 0 Å². The van der Waals surface area contributed by atoms with Crippen LogP contribution in [0.5, 0.6) is 0 Å². The summed E-state index contributed by atoms with van der Waals surface area (Å²) in [6.07, 6.45) is 8.47. The predicted octanol–water partition coefficient (Wildman–Crippen LogP) is 3.28. The molecule has 1 saturated heterocycles. The van der Waals surface area contributed by atoms with Crippen molar-refractivity contribution in [2.45, 2.75) is 65.3 Å². The molecule has 0 saturated carbocycles. The molecule has 0 aromatic rings. The molecule has 17 heavy (non-hydrogen) atoms. The molecule has 0 aromatic carbocycles. The van der Waals surface area contributed by atoms with E-state index in [2.05, 4.69) is 31.0 Å². The lowest BCUT2D eigenvalue weighted by atomic mass is 10.00. The zero-order valence-corrected chi connectivity index (χ0v) is 12.2. The first-order valence-electron chi connectivity index (χ1n) is 7.70. The fourth-order valence-electron chi connectivity index (χ4n) is 2.80. The Morgan fingerprint density at radius 1 is 1.12 bits per heavy atom. The molecule has 1 aliphatic heterocycles. The molecule has 0 bridgehead atoms. The topological polar surface area (TPSA) is 15.3 Å². The largest absolute Gasteiger partial charge is 0.314 e. The number of nitrogens with zero attached hydrogens (tertiary/aromatic N) is 1. The van der Waals surface area contributed by atoms with Crippen molar-refractivity contribution < 1.29 is 0 Å². The first-order chi connectivity index (χ1) is 8.25. The van der Waals surface area contributed by atoms with Crippen molar-refractivity contribution in [3.05, 3.63) is 0 Å². The van der Waals surface area contributed by atoms with Crippen LogP contribution in [-0.4, -0.2) is 37.1 Å². The van der Waals surface area contributed by atoms with Crippen molar-refractivity contribution in [3.63, 3.8) is 0 Å². The maximum atomic E-state index is 3.52. The van der Waals surface area contributed by atoms with E-state index in [1.165, 1.54) is 64.7 Å². The van der Waals surface area contributed by atoms with Gasteiger partial charge in [0.2, 0.25) is 0 Å². The summed E-state index contributed by atoms with van der Waals surface area (Å²) in [6.45, 7) is 11.9. The van der Waals surface area contributed by atoms with Crippen LogP contribution in [0.15, 0.2) is 0 Å². The Bertz CT molecular complexity index is 180.